The number of para-hydroxylation sites is 1. The second-order valence-electron chi connectivity index (χ2n) is 8.57. The highest BCUT2D eigenvalue weighted by Crippen LogP contribution is 2.29. The third-order valence-corrected chi connectivity index (χ3v) is 6.56. The highest BCUT2D eigenvalue weighted by molar-refractivity contribution is 6.08. The summed E-state index contributed by atoms with van der Waals surface area (Å²) in [5.74, 6) is -0.101. The van der Waals surface area contributed by atoms with Gasteiger partial charge in [0.2, 0.25) is 0 Å². The van der Waals surface area contributed by atoms with Crippen LogP contribution in [0.15, 0.2) is 66.7 Å². The van der Waals surface area contributed by atoms with Crippen LogP contribution in [-0.2, 0) is 20.1 Å². The zero-order valence-electron chi connectivity index (χ0n) is 17.7. The van der Waals surface area contributed by atoms with Crippen molar-refractivity contribution in [2.24, 2.45) is 7.05 Å². The quantitative estimate of drug-likeness (QED) is 0.467. The Labute approximate surface area is 177 Å². The summed E-state index contributed by atoms with van der Waals surface area (Å²) in [4.78, 5) is 4.91. The van der Waals surface area contributed by atoms with Crippen LogP contribution in [0.5, 0.6) is 0 Å². The molecule has 1 aliphatic rings. The van der Waals surface area contributed by atoms with Gasteiger partial charge in [-0.1, -0.05) is 42.5 Å². The Kier molecular flexibility index (Phi) is 5.05. The summed E-state index contributed by atoms with van der Waals surface area (Å²) in [5, 5.41) is 2.65. The lowest BCUT2D eigenvalue weighted by Gasteiger charge is -2.40. The SMILES string of the molecule is C[C@@H]1CN(Cc2ccccc2F)CCN1Cc1ccc2c(c1)c1ccccc1n2C. The third-order valence-electron chi connectivity index (χ3n) is 6.56. The van der Waals surface area contributed by atoms with Crippen LogP contribution in [-0.4, -0.2) is 40.0 Å². The number of piperazine rings is 1. The molecule has 30 heavy (non-hydrogen) atoms. The molecule has 1 fully saturated rings. The van der Waals surface area contributed by atoms with Gasteiger partial charge in [0.15, 0.2) is 0 Å². The first kappa shape index (κ1) is 19.3. The van der Waals surface area contributed by atoms with Crippen LogP contribution in [0.4, 0.5) is 4.39 Å². The maximum Gasteiger partial charge on any atom is 0.127 e. The normalized spacial score (nSPS) is 18.4. The predicted octanol–water partition coefficient (Wildman–Crippen LogP) is 5.18. The lowest BCUT2D eigenvalue weighted by atomic mass is 10.1. The van der Waals surface area contributed by atoms with Gasteiger partial charge in [0, 0.05) is 73.2 Å². The molecule has 0 amide bonds. The van der Waals surface area contributed by atoms with E-state index >= 15 is 0 Å². The number of halogens is 1. The number of hydrogen-bond donors (Lipinski definition) is 0. The Balaban J connectivity index is 1.31. The molecular weight excluding hydrogens is 373 g/mol. The van der Waals surface area contributed by atoms with Crippen molar-refractivity contribution in [3.63, 3.8) is 0 Å². The fourth-order valence-corrected chi connectivity index (χ4v) is 4.86. The van der Waals surface area contributed by atoms with E-state index in [1.54, 1.807) is 12.1 Å². The Morgan fingerprint density at radius 1 is 0.867 bits per heavy atom. The summed E-state index contributed by atoms with van der Waals surface area (Å²) in [6, 6.07) is 23.1. The van der Waals surface area contributed by atoms with Crippen molar-refractivity contribution in [2.45, 2.75) is 26.1 Å². The van der Waals surface area contributed by atoms with Crippen LogP contribution in [0, 0.1) is 5.82 Å². The van der Waals surface area contributed by atoms with E-state index < -0.39 is 0 Å². The van der Waals surface area contributed by atoms with Crippen LogP contribution >= 0.6 is 0 Å². The summed E-state index contributed by atoms with van der Waals surface area (Å²) >= 11 is 0. The molecule has 2 heterocycles. The lowest BCUT2D eigenvalue weighted by Crippen LogP contribution is -2.50. The molecule has 0 saturated carbocycles. The second kappa shape index (κ2) is 7.86. The summed E-state index contributed by atoms with van der Waals surface area (Å²) in [6.07, 6.45) is 0. The predicted molar refractivity (Wildman–Crippen MR) is 122 cm³/mol. The third kappa shape index (κ3) is 3.51. The Hall–Kier alpha value is -2.69. The van der Waals surface area contributed by atoms with Gasteiger partial charge in [-0.15, -0.1) is 0 Å². The average molecular weight is 402 g/mol. The van der Waals surface area contributed by atoms with Crippen LogP contribution in [0.1, 0.15) is 18.1 Å². The van der Waals surface area contributed by atoms with Gasteiger partial charge in [0.1, 0.15) is 5.82 Å². The summed E-state index contributed by atoms with van der Waals surface area (Å²) < 4.78 is 16.3. The summed E-state index contributed by atoms with van der Waals surface area (Å²) in [7, 11) is 2.14. The molecule has 4 heteroatoms. The number of aromatic nitrogens is 1. The van der Waals surface area contributed by atoms with Gasteiger partial charge in [0.05, 0.1) is 0 Å². The maximum absolute atomic E-state index is 14.0. The lowest BCUT2D eigenvalue weighted by molar-refractivity contribution is 0.0727. The molecule has 1 aliphatic heterocycles. The van der Waals surface area contributed by atoms with Gasteiger partial charge >= 0.3 is 0 Å². The number of hydrogen-bond acceptors (Lipinski definition) is 2. The number of rotatable bonds is 4. The molecule has 3 aromatic carbocycles. The minimum absolute atomic E-state index is 0.101. The Bertz CT molecular complexity index is 1200. The average Bonchev–Trinajstić information content (AvgIpc) is 3.04. The molecule has 0 radical (unpaired) electrons. The van der Waals surface area contributed by atoms with E-state index in [0.29, 0.717) is 12.6 Å². The summed E-state index contributed by atoms with van der Waals surface area (Å²) in [5.41, 5.74) is 4.70. The van der Waals surface area contributed by atoms with Gasteiger partial charge in [-0.3, -0.25) is 9.80 Å². The van der Waals surface area contributed by atoms with E-state index in [0.717, 1.165) is 31.7 Å². The molecule has 0 aliphatic carbocycles. The van der Waals surface area contributed by atoms with Crippen LogP contribution in [0.3, 0.4) is 0 Å². The first-order chi connectivity index (χ1) is 14.6. The van der Waals surface area contributed by atoms with Crippen molar-refractivity contribution in [3.05, 3.63) is 83.7 Å². The minimum Gasteiger partial charge on any atom is -0.344 e. The van der Waals surface area contributed by atoms with Crippen molar-refractivity contribution in [1.82, 2.24) is 14.4 Å². The highest BCUT2D eigenvalue weighted by Gasteiger charge is 2.24. The van der Waals surface area contributed by atoms with Crippen molar-refractivity contribution in [2.75, 3.05) is 19.6 Å². The number of benzene rings is 3. The van der Waals surface area contributed by atoms with Gasteiger partial charge in [-0.25, -0.2) is 4.39 Å². The number of aryl methyl sites for hydroxylation is 1. The fourth-order valence-electron chi connectivity index (χ4n) is 4.86. The van der Waals surface area contributed by atoms with Gasteiger partial charge in [0.25, 0.3) is 0 Å². The molecule has 0 spiro atoms. The largest absolute Gasteiger partial charge is 0.344 e. The minimum atomic E-state index is -0.101. The zero-order valence-corrected chi connectivity index (χ0v) is 17.7. The Morgan fingerprint density at radius 2 is 1.63 bits per heavy atom. The Morgan fingerprint density at radius 3 is 2.47 bits per heavy atom. The van der Waals surface area contributed by atoms with Crippen molar-refractivity contribution in [3.8, 4) is 0 Å². The van der Waals surface area contributed by atoms with E-state index in [-0.39, 0.29) is 5.82 Å². The number of nitrogens with zero attached hydrogens (tertiary/aromatic N) is 3. The maximum atomic E-state index is 14.0. The van der Waals surface area contributed by atoms with E-state index in [4.69, 9.17) is 0 Å². The smallest absolute Gasteiger partial charge is 0.127 e. The summed E-state index contributed by atoms with van der Waals surface area (Å²) in [6.45, 7) is 6.86. The number of fused-ring (bicyclic) bond motifs is 3. The fraction of sp³-hybridized carbons (Fsp3) is 0.308. The first-order valence-corrected chi connectivity index (χ1v) is 10.8. The molecule has 4 aromatic rings. The van der Waals surface area contributed by atoms with Crippen molar-refractivity contribution < 1.29 is 4.39 Å². The molecule has 154 valence electrons. The van der Waals surface area contributed by atoms with E-state index in [2.05, 4.69) is 70.8 Å². The van der Waals surface area contributed by atoms with Crippen LogP contribution in [0.25, 0.3) is 21.8 Å². The van der Waals surface area contributed by atoms with Crippen molar-refractivity contribution in [1.29, 1.82) is 0 Å². The van der Waals surface area contributed by atoms with Gasteiger partial charge < -0.3 is 4.57 Å². The van der Waals surface area contributed by atoms with Gasteiger partial charge in [-0.2, -0.15) is 0 Å². The van der Waals surface area contributed by atoms with Crippen LogP contribution in [0.2, 0.25) is 0 Å². The van der Waals surface area contributed by atoms with Gasteiger partial charge in [-0.05, 0) is 36.8 Å². The molecule has 0 N–H and O–H groups in total. The molecule has 1 atom stereocenters. The monoisotopic (exact) mass is 401 g/mol. The molecular formula is C26H28FN3. The van der Waals surface area contributed by atoms with E-state index in [1.165, 1.54) is 27.4 Å². The molecule has 3 nitrogen and oxygen atoms in total. The zero-order chi connectivity index (χ0) is 20.7. The van der Waals surface area contributed by atoms with E-state index in [1.807, 2.05) is 12.1 Å². The molecule has 1 aromatic heterocycles. The molecule has 0 bridgehead atoms. The standard InChI is InChI=1S/C26H28FN3/c1-19-16-29(18-21-7-3-5-9-24(21)27)13-14-30(19)17-20-11-12-26-23(15-20)22-8-4-6-10-25(22)28(26)2/h3-12,15,19H,13-14,16-18H2,1-2H3/t19-/m1/s1. The highest BCUT2D eigenvalue weighted by atomic mass is 19.1. The first-order valence-electron chi connectivity index (χ1n) is 10.8. The van der Waals surface area contributed by atoms with E-state index in [9.17, 15) is 4.39 Å². The second-order valence-corrected chi connectivity index (χ2v) is 8.57. The molecule has 0 unspecified atom stereocenters. The topological polar surface area (TPSA) is 11.4 Å². The van der Waals surface area contributed by atoms with Crippen LogP contribution < -0.4 is 0 Å². The molecule has 1 saturated heterocycles. The van der Waals surface area contributed by atoms with Crippen molar-refractivity contribution >= 4 is 21.8 Å². The molecule has 5 rings (SSSR count).